The Morgan fingerprint density at radius 3 is 2.59 bits per heavy atom. The summed E-state index contributed by atoms with van der Waals surface area (Å²) >= 11 is 1.56. The monoisotopic (exact) mass is 411 g/mol. The zero-order valence-corrected chi connectivity index (χ0v) is 17.7. The number of aryl methyl sites for hydroxylation is 2. The van der Waals surface area contributed by atoms with E-state index in [0.717, 1.165) is 26.7 Å². The van der Waals surface area contributed by atoms with Crippen LogP contribution in [0.4, 0.5) is 0 Å². The Morgan fingerprint density at radius 1 is 1.10 bits per heavy atom. The lowest BCUT2D eigenvalue weighted by molar-refractivity contribution is -0.120. The smallest absolute Gasteiger partial charge is 0.225 e. The highest BCUT2D eigenvalue weighted by atomic mass is 32.1. The SMILES string of the molecule is COCCOc1ccc(CNC(=O)Cc2sc(C)nc2-c2ccc(C)cc2)cn1. The maximum atomic E-state index is 12.5. The number of hydrogen-bond acceptors (Lipinski definition) is 6. The molecule has 29 heavy (non-hydrogen) atoms. The number of thiazole rings is 1. The van der Waals surface area contributed by atoms with Crippen molar-refractivity contribution in [1.82, 2.24) is 15.3 Å². The van der Waals surface area contributed by atoms with Crippen LogP contribution in [0.2, 0.25) is 0 Å². The van der Waals surface area contributed by atoms with Gasteiger partial charge in [-0.3, -0.25) is 4.79 Å². The molecule has 3 rings (SSSR count). The van der Waals surface area contributed by atoms with E-state index in [2.05, 4.69) is 34.3 Å². The van der Waals surface area contributed by atoms with Gasteiger partial charge < -0.3 is 14.8 Å². The van der Waals surface area contributed by atoms with Crippen LogP contribution in [0, 0.1) is 13.8 Å². The van der Waals surface area contributed by atoms with E-state index in [0.29, 0.717) is 32.1 Å². The number of aromatic nitrogens is 2. The van der Waals surface area contributed by atoms with Crippen LogP contribution in [0.1, 0.15) is 21.0 Å². The van der Waals surface area contributed by atoms with Crippen molar-refractivity contribution < 1.29 is 14.3 Å². The van der Waals surface area contributed by atoms with Gasteiger partial charge in [-0.05, 0) is 19.4 Å². The molecule has 1 aromatic carbocycles. The fourth-order valence-corrected chi connectivity index (χ4v) is 3.72. The summed E-state index contributed by atoms with van der Waals surface area (Å²) in [6.07, 6.45) is 2.01. The van der Waals surface area contributed by atoms with E-state index < -0.39 is 0 Å². The second-order valence-electron chi connectivity index (χ2n) is 6.67. The van der Waals surface area contributed by atoms with E-state index in [1.54, 1.807) is 30.7 Å². The molecule has 0 atom stereocenters. The number of carbonyl (C=O) groups excluding carboxylic acids is 1. The molecule has 0 spiro atoms. The Labute approximate surface area is 174 Å². The van der Waals surface area contributed by atoms with Crippen LogP contribution in [0.15, 0.2) is 42.6 Å². The van der Waals surface area contributed by atoms with Crippen LogP contribution < -0.4 is 10.1 Å². The Morgan fingerprint density at radius 2 is 1.90 bits per heavy atom. The van der Waals surface area contributed by atoms with Crippen LogP contribution >= 0.6 is 11.3 Å². The van der Waals surface area contributed by atoms with Gasteiger partial charge in [-0.25, -0.2) is 9.97 Å². The maximum absolute atomic E-state index is 12.5. The molecule has 0 fully saturated rings. The summed E-state index contributed by atoms with van der Waals surface area (Å²) in [6, 6.07) is 11.9. The van der Waals surface area contributed by atoms with Crippen molar-refractivity contribution in [3.63, 3.8) is 0 Å². The van der Waals surface area contributed by atoms with Gasteiger partial charge in [0.1, 0.15) is 6.61 Å². The average Bonchev–Trinajstić information content (AvgIpc) is 3.08. The first kappa shape index (κ1) is 21.0. The zero-order chi connectivity index (χ0) is 20.6. The third-order valence-electron chi connectivity index (χ3n) is 4.28. The number of amides is 1. The van der Waals surface area contributed by atoms with Crippen molar-refractivity contribution in [3.05, 3.63) is 63.6 Å². The number of nitrogens with zero attached hydrogens (tertiary/aromatic N) is 2. The molecule has 0 bridgehead atoms. The molecule has 0 unspecified atom stereocenters. The van der Waals surface area contributed by atoms with E-state index >= 15 is 0 Å². The standard InChI is InChI=1S/C22H25N3O3S/c1-15-4-7-18(8-5-15)22-19(29-16(2)25-22)12-20(26)23-13-17-6-9-21(24-14-17)28-11-10-27-3/h4-9,14H,10-13H2,1-3H3,(H,23,26). The van der Waals surface area contributed by atoms with Crippen LogP contribution in [0.5, 0.6) is 5.88 Å². The third-order valence-corrected chi connectivity index (χ3v) is 5.25. The van der Waals surface area contributed by atoms with Crippen molar-refractivity contribution in [2.75, 3.05) is 20.3 Å². The average molecular weight is 412 g/mol. The summed E-state index contributed by atoms with van der Waals surface area (Å²) in [5.41, 5.74) is 4.04. The minimum Gasteiger partial charge on any atom is -0.475 e. The Kier molecular flexibility index (Phi) is 7.32. The molecular weight excluding hydrogens is 386 g/mol. The summed E-state index contributed by atoms with van der Waals surface area (Å²) in [5.74, 6) is 0.502. The number of carbonyl (C=O) groups is 1. The van der Waals surface area contributed by atoms with Crippen LogP contribution in [-0.4, -0.2) is 36.2 Å². The van der Waals surface area contributed by atoms with Gasteiger partial charge in [0.25, 0.3) is 0 Å². The lowest BCUT2D eigenvalue weighted by atomic mass is 10.1. The lowest BCUT2D eigenvalue weighted by Crippen LogP contribution is -2.24. The highest BCUT2D eigenvalue weighted by Gasteiger charge is 2.14. The van der Waals surface area contributed by atoms with Gasteiger partial charge in [-0.1, -0.05) is 35.9 Å². The van der Waals surface area contributed by atoms with E-state index in [9.17, 15) is 4.79 Å². The number of pyridine rings is 1. The largest absolute Gasteiger partial charge is 0.475 e. The minimum absolute atomic E-state index is 0.0394. The maximum Gasteiger partial charge on any atom is 0.225 e. The van der Waals surface area contributed by atoms with E-state index in [4.69, 9.17) is 9.47 Å². The molecule has 0 saturated carbocycles. The first-order valence-corrected chi connectivity index (χ1v) is 10.2. The van der Waals surface area contributed by atoms with Gasteiger partial charge in [0.2, 0.25) is 11.8 Å². The molecule has 3 aromatic rings. The van der Waals surface area contributed by atoms with Gasteiger partial charge in [0.05, 0.1) is 23.7 Å². The van der Waals surface area contributed by atoms with Crippen molar-refractivity contribution >= 4 is 17.2 Å². The number of nitrogens with one attached hydrogen (secondary N) is 1. The van der Waals surface area contributed by atoms with Crippen LogP contribution in [-0.2, 0) is 22.5 Å². The predicted molar refractivity (Wildman–Crippen MR) is 114 cm³/mol. The van der Waals surface area contributed by atoms with Gasteiger partial charge in [-0.2, -0.15) is 0 Å². The molecule has 2 aromatic heterocycles. The summed E-state index contributed by atoms with van der Waals surface area (Å²) in [7, 11) is 1.62. The summed E-state index contributed by atoms with van der Waals surface area (Å²) in [6.45, 7) is 5.41. The summed E-state index contributed by atoms with van der Waals surface area (Å²) in [5, 5.41) is 3.91. The second-order valence-corrected chi connectivity index (χ2v) is 7.96. The predicted octanol–water partition coefficient (Wildman–Crippen LogP) is 3.71. The highest BCUT2D eigenvalue weighted by molar-refractivity contribution is 7.12. The molecule has 0 aliphatic rings. The molecule has 6 nitrogen and oxygen atoms in total. The summed E-state index contributed by atoms with van der Waals surface area (Å²) in [4.78, 5) is 22.3. The van der Waals surface area contributed by atoms with Crippen molar-refractivity contribution in [2.45, 2.75) is 26.8 Å². The van der Waals surface area contributed by atoms with Gasteiger partial charge in [0, 0.05) is 36.4 Å². The molecule has 0 aliphatic heterocycles. The number of benzene rings is 1. The Bertz CT molecular complexity index is 937. The summed E-state index contributed by atoms with van der Waals surface area (Å²) < 4.78 is 10.4. The molecule has 1 N–H and O–H groups in total. The highest BCUT2D eigenvalue weighted by Crippen LogP contribution is 2.28. The van der Waals surface area contributed by atoms with E-state index in [-0.39, 0.29) is 5.91 Å². The first-order chi connectivity index (χ1) is 14.0. The third kappa shape index (κ3) is 6.10. The number of methoxy groups -OCH3 is 1. The van der Waals surface area contributed by atoms with Crippen molar-refractivity contribution in [3.8, 4) is 17.1 Å². The molecule has 0 aliphatic carbocycles. The number of ether oxygens (including phenoxy) is 2. The fourth-order valence-electron chi connectivity index (χ4n) is 2.77. The molecule has 7 heteroatoms. The molecule has 2 heterocycles. The molecule has 0 saturated heterocycles. The van der Waals surface area contributed by atoms with Gasteiger partial charge in [0.15, 0.2) is 0 Å². The van der Waals surface area contributed by atoms with E-state index in [1.165, 1.54) is 5.56 Å². The Balaban J connectivity index is 1.57. The van der Waals surface area contributed by atoms with Crippen LogP contribution in [0.25, 0.3) is 11.3 Å². The molecular formula is C22H25N3O3S. The molecule has 0 radical (unpaired) electrons. The minimum atomic E-state index is -0.0394. The van der Waals surface area contributed by atoms with Crippen LogP contribution in [0.3, 0.4) is 0 Å². The number of rotatable bonds is 9. The normalized spacial score (nSPS) is 10.7. The van der Waals surface area contributed by atoms with Gasteiger partial charge in [-0.15, -0.1) is 11.3 Å². The van der Waals surface area contributed by atoms with Crippen molar-refractivity contribution in [1.29, 1.82) is 0 Å². The topological polar surface area (TPSA) is 73.3 Å². The zero-order valence-electron chi connectivity index (χ0n) is 16.9. The molecule has 152 valence electrons. The number of hydrogen-bond donors (Lipinski definition) is 1. The molecule has 1 amide bonds. The Hall–Kier alpha value is -2.77. The lowest BCUT2D eigenvalue weighted by Gasteiger charge is -2.07. The van der Waals surface area contributed by atoms with E-state index in [1.807, 2.05) is 25.1 Å². The first-order valence-electron chi connectivity index (χ1n) is 9.42. The fraction of sp³-hybridized carbons (Fsp3) is 0.318. The quantitative estimate of drug-likeness (QED) is 0.544. The van der Waals surface area contributed by atoms with Gasteiger partial charge >= 0.3 is 0 Å². The second kappa shape index (κ2) is 10.1. The van der Waals surface area contributed by atoms with Crippen molar-refractivity contribution in [2.24, 2.45) is 0 Å².